The van der Waals surface area contributed by atoms with Gasteiger partial charge in [0.1, 0.15) is 5.75 Å². The summed E-state index contributed by atoms with van der Waals surface area (Å²) in [5.74, 6) is 0.677. The molecule has 0 saturated carbocycles. The van der Waals surface area contributed by atoms with Crippen LogP contribution in [0.15, 0.2) is 42.5 Å². The van der Waals surface area contributed by atoms with Crippen molar-refractivity contribution in [1.29, 1.82) is 0 Å². The second-order valence-electron chi connectivity index (χ2n) is 4.76. The summed E-state index contributed by atoms with van der Waals surface area (Å²) in [5.41, 5.74) is 5.43. The highest BCUT2D eigenvalue weighted by Gasteiger charge is 2.09. The SMILES string of the molecule is CN(CCCN)C(=O)COc1ccc2ccccc2c1. The van der Waals surface area contributed by atoms with E-state index in [0.717, 1.165) is 17.2 Å². The number of hydrogen-bond donors (Lipinski definition) is 1. The smallest absolute Gasteiger partial charge is 0.260 e. The minimum atomic E-state index is -0.0355. The van der Waals surface area contributed by atoms with Crippen molar-refractivity contribution in [2.75, 3.05) is 26.7 Å². The Labute approximate surface area is 119 Å². The second-order valence-corrected chi connectivity index (χ2v) is 4.76. The molecule has 0 unspecified atom stereocenters. The van der Waals surface area contributed by atoms with Gasteiger partial charge in [-0.15, -0.1) is 0 Å². The predicted molar refractivity (Wildman–Crippen MR) is 80.8 cm³/mol. The first-order chi connectivity index (χ1) is 9.70. The zero-order valence-corrected chi connectivity index (χ0v) is 11.7. The van der Waals surface area contributed by atoms with Crippen LogP contribution in [0.3, 0.4) is 0 Å². The van der Waals surface area contributed by atoms with Crippen LogP contribution in [-0.2, 0) is 4.79 Å². The van der Waals surface area contributed by atoms with Crippen LogP contribution >= 0.6 is 0 Å². The predicted octanol–water partition coefficient (Wildman–Crippen LogP) is 2.03. The Morgan fingerprint density at radius 2 is 1.95 bits per heavy atom. The summed E-state index contributed by atoms with van der Waals surface area (Å²) in [4.78, 5) is 13.5. The van der Waals surface area contributed by atoms with Gasteiger partial charge in [0.25, 0.3) is 5.91 Å². The first-order valence-corrected chi connectivity index (χ1v) is 6.76. The van der Waals surface area contributed by atoms with E-state index in [4.69, 9.17) is 10.5 Å². The molecule has 0 atom stereocenters. The van der Waals surface area contributed by atoms with E-state index in [2.05, 4.69) is 0 Å². The molecule has 2 aromatic rings. The standard InChI is InChI=1S/C16H20N2O2/c1-18(10-4-9-17)16(19)12-20-15-8-7-13-5-2-3-6-14(13)11-15/h2-3,5-8,11H,4,9-10,12,17H2,1H3. The molecular formula is C16H20N2O2. The highest BCUT2D eigenvalue weighted by Crippen LogP contribution is 2.20. The van der Waals surface area contributed by atoms with Crippen LogP contribution in [0, 0.1) is 0 Å². The molecule has 0 aliphatic rings. The number of fused-ring (bicyclic) bond motifs is 1. The number of carbonyl (C=O) groups is 1. The maximum atomic E-state index is 11.8. The molecule has 4 heteroatoms. The minimum absolute atomic E-state index is 0.0355. The first kappa shape index (κ1) is 14.3. The van der Waals surface area contributed by atoms with Crippen molar-refractivity contribution >= 4 is 16.7 Å². The van der Waals surface area contributed by atoms with Gasteiger partial charge in [-0.25, -0.2) is 0 Å². The molecule has 0 bridgehead atoms. The Kier molecular flexibility index (Phi) is 4.96. The van der Waals surface area contributed by atoms with Gasteiger partial charge in [0.15, 0.2) is 6.61 Å². The van der Waals surface area contributed by atoms with Crippen LogP contribution in [0.4, 0.5) is 0 Å². The van der Waals surface area contributed by atoms with Gasteiger partial charge in [-0.05, 0) is 35.9 Å². The average molecular weight is 272 g/mol. The minimum Gasteiger partial charge on any atom is -0.484 e. The van der Waals surface area contributed by atoms with Crippen LogP contribution in [0.1, 0.15) is 6.42 Å². The zero-order valence-electron chi connectivity index (χ0n) is 11.7. The van der Waals surface area contributed by atoms with Crippen molar-refractivity contribution in [3.63, 3.8) is 0 Å². The molecule has 0 aliphatic heterocycles. The molecule has 1 amide bonds. The third kappa shape index (κ3) is 3.71. The Balaban J connectivity index is 1.93. The van der Waals surface area contributed by atoms with Crippen LogP contribution in [-0.4, -0.2) is 37.6 Å². The van der Waals surface area contributed by atoms with E-state index in [1.54, 1.807) is 11.9 Å². The Hall–Kier alpha value is -2.07. The van der Waals surface area contributed by atoms with Crippen LogP contribution in [0.5, 0.6) is 5.75 Å². The van der Waals surface area contributed by atoms with E-state index in [0.29, 0.717) is 18.8 Å². The Morgan fingerprint density at radius 3 is 2.70 bits per heavy atom. The number of amides is 1. The van der Waals surface area contributed by atoms with Gasteiger partial charge in [0.2, 0.25) is 0 Å². The number of ether oxygens (including phenoxy) is 1. The molecule has 0 spiro atoms. The van der Waals surface area contributed by atoms with Crippen molar-refractivity contribution in [3.8, 4) is 5.75 Å². The Bertz CT molecular complexity index is 583. The highest BCUT2D eigenvalue weighted by molar-refractivity contribution is 5.84. The number of carbonyl (C=O) groups excluding carboxylic acids is 1. The molecule has 2 rings (SSSR count). The molecule has 0 radical (unpaired) electrons. The summed E-state index contributed by atoms with van der Waals surface area (Å²) in [5, 5.41) is 2.26. The largest absolute Gasteiger partial charge is 0.484 e. The van der Waals surface area contributed by atoms with Gasteiger partial charge in [-0.1, -0.05) is 30.3 Å². The number of likely N-dealkylation sites (N-methyl/N-ethyl adjacent to an activating group) is 1. The molecule has 20 heavy (non-hydrogen) atoms. The zero-order chi connectivity index (χ0) is 14.4. The summed E-state index contributed by atoms with van der Waals surface area (Å²) in [6.45, 7) is 1.30. The van der Waals surface area contributed by atoms with Gasteiger partial charge in [-0.3, -0.25) is 4.79 Å². The molecule has 0 aliphatic carbocycles. The molecule has 0 fully saturated rings. The summed E-state index contributed by atoms with van der Waals surface area (Å²) in [6.07, 6.45) is 0.804. The van der Waals surface area contributed by atoms with E-state index in [1.807, 2.05) is 42.5 Å². The number of benzene rings is 2. The van der Waals surface area contributed by atoms with E-state index < -0.39 is 0 Å². The van der Waals surface area contributed by atoms with Gasteiger partial charge in [-0.2, -0.15) is 0 Å². The molecule has 0 saturated heterocycles. The number of nitrogens with zero attached hydrogens (tertiary/aromatic N) is 1. The summed E-state index contributed by atoms with van der Waals surface area (Å²) >= 11 is 0. The number of hydrogen-bond acceptors (Lipinski definition) is 3. The average Bonchev–Trinajstić information content (AvgIpc) is 2.50. The quantitative estimate of drug-likeness (QED) is 0.875. The normalized spacial score (nSPS) is 10.5. The molecule has 2 N–H and O–H groups in total. The van der Waals surface area contributed by atoms with E-state index in [1.165, 1.54) is 0 Å². The molecule has 4 nitrogen and oxygen atoms in total. The number of rotatable bonds is 6. The topological polar surface area (TPSA) is 55.6 Å². The molecule has 0 heterocycles. The fraction of sp³-hybridized carbons (Fsp3) is 0.312. The monoisotopic (exact) mass is 272 g/mol. The van der Waals surface area contributed by atoms with E-state index in [-0.39, 0.29) is 12.5 Å². The van der Waals surface area contributed by atoms with Gasteiger partial charge < -0.3 is 15.4 Å². The van der Waals surface area contributed by atoms with Crippen LogP contribution in [0.25, 0.3) is 10.8 Å². The lowest BCUT2D eigenvalue weighted by Gasteiger charge is -2.17. The van der Waals surface area contributed by atoms with Crippen molar-refractivity contribution in [2.24, 2.45) is 5.73 Å². The second kappa shape index (κ2) is 6.91. The van der Waals surface area contributed by atoms with E-state index >= 15 is 0 Å². The van der Waals surface area contributed by atoms with Crippen molar-refractivity contribution in [3.05, 3.63) is 42.5 Å². The Morgan fingerprint density at radius 1 is 1.20 bits per heavy atom. The van der Waals surface area contributed by atoms with Crippen molar-refractivity contribution < 1.29 is 9.53 Å². The first-order valence-electron chi connectivity index (χ1n) is 6.76. The molecule has 0 aromatic heterocycles. The lowest BCUT2D eigenvalue weighted by molar-refractivity contribution is -0.132. The number of nitrogens with two attached hydrogens (primary N) is 1. The lowest BCUT2D eigenvalue weighted by atomic mass is 10.1. The van der Waals surface area contributed by atoms with E-state index in [9.17, 15) is 4.79 Å². The van der Waals surface area contributed by atoms with Gasteiger partial charge in [0, 0.05) is 13.6 Å². The molecule has 2 aromatic carbocycles. The maximum Gasteiger partial charge on any atom is 0.260 e. The van der Waals surface area contributed by atoms with Crippen LogP contribution < -0.4 is 10.5 Å². The van der Waals surface area contributed by atoms with Crippen LogP contribution in [0.2, 0.25) is 0 Å². The van der Waals surface area contributed by atoms with Crippen molar-refractivity contribution in [2.45, 2.75) is 6.42 Å². The maximum absolute atomic E-state index is 11.8. The van der Waals surface area contributed by atoms with Gasteiger partial charge in [0.05, 0.1) is 0 Å². The summed E-state index contributed by atoms with van der Waals surface area (Å²) in [6, 6.07) is 13.9. The third-order valence-corrected chi connectivity index (χ3v) is 3.21. The highest BCUT2D eigenvalue weighted by atomic mass is 16.5. The van der Waals surface area contributed by atoms with Crippen molar-refractivity contribution in [1.82, 2.24) is 4.90 Å². The lowest BCUT2D eigenvalue weighted by Crippen LogP contribution is -2.33. The third-order valence-electron chi connectivity index (χ3n) is 3.21. The molecule has 106 valence electrons. The molecular weight excluding hydrogens is 252 g/mol. The summed E-state index contributed by atoms with van der Waals surface area (Å²) < 4.78 is 5.55. The summed E-state index contributed by atoms with van der Waals surface area (Å²) in [7, 11) is 1.77. The fourth-order valence-corrected chi connectivity index (χ4v) is 1.97. The van der Waals surface area contributed by atoms with Gasteiger partial charge >= 0.3 is 0 Å². The fourth-order valence-electron chi connectivity index (χ4n) is 1.97.